The van der Waals surface area contributed by atoms with Crippen LogP contribution in [0.15, 0.2) is 53.7 Å². The zero-order chi connectivity index (χ0) is 19.9. The van der Waals surface area contributed by atoms with Gasteiger partial charge in [-0.25, -0.2) is 8.42 Å². The molecule has 0 aliphatic carbocycles. The van der Waals surface area contributed by atoms with Crippen molar-refractivity contribution >= 4 is 32.7 Å². The number of carbonyl (C=O) groups is 1. The SMILES string of the molecule is C=C1C(/C=C/CNCCS(C)(=O)=O)=C(OC)\C=C/CNC(=O)c2sccc21. The van der Waals surface area contributed by atoms with Gasteiger partial charge in [-0.05, 0) is 23.1 Å². The number of carbonyl (C=O) groups excluding carboxylic acids is 1. The third kappa shape index (κ3) is 6.20. The second-order valence-corrected chi connectivity index (χ2v) is 9.15. The van der Waals surface area contributed by atoms with E-state index in [0.29, 0.717) is 35.8 Å². The van der Waals surface area contributed by atoms with Gasteiger partial charge in [0.1, 0.15) is 15.6 Å². The fraction of sp³-hybridized carbons (Fsp3) is 0.316. The average molecular weight is 409 g/mol. The van der Waals surface area contributed by atoms with Crippen molar-refractivity contribution in [3.63, 3.8) is 0 Å². The summed E-state index contributed by atoms with van der Waals surface area (Å²) in [6.45, 7) is 5.46. The topological polar surface area (TPSA) is 84.5 Å². The second kappa shape index (κ2) is 9.68. The molecule has 2 N–H and O–H groups in total. The number of amides is 1. The van der Waals surface area contributed by atoms with Gasteiger partial charge in [0, 0.05) is 37.0 Å². The van der Waals surface area contributed by atoms with Crippen LogP contribution in [0.5, 0.6) is 0 Å². The fourth-order valence-electron chi connectivity index (χ4n) is 2.48. The summed E-state index contributed by atoms with van der Waals surface area (Å²) in [4.78, 5) is 12.9. The third-order valence-electron chi connectivity index (χ3n) is 3.85. The molecule has 0 bridgehead atoms. The standard InChI is InChI=1S/C19H24N2O4S2/c1-14-15(6-4-9-20-11-13-27(3,23)24)17(25-2)7-5-10-21-19(22)18-16(14)8-12-26-18/h4-8,12,20H,1,9-11,13H2,2-3H3,(H,21,22)/b6-4+,7-5-,17-15+. The Morgan fingerprint density at radius 2 is 2.22 bits per heavy atom. The Balaban J connectivity index is 2.23. The molecule has 27 heavy (non-hydrogen) atoms. The van der Waals surface area contributed by atoms with E-state index >= 15 is 0 Å². The van der Waals surface area contributed by atoms with Gasteiger partial charge in [0.15, 0.2) is 0 Å². The number of hydrogen-bond donors (Lipinski definition) is 2. The molecule has 146 valence electrons. The van der Waals surface area contributed by atoms with Gasteiger partial charge in [-0.1, -0.05) is 24.8 Å². The highest BCUT2D eigenvalue weighted by Gasteiger charge is 2.19. The lowest BCUT2D eigenvalue weighted by Gasteiger charge is -2.14. The Morgan fingerprint density at radius 3 is 2.93 bits per heavy atom. The number of hydrogen-bond acceptors (Lipinski definition) is 6. The molecule has 1 amide bonds. The number of methoxy groups -OCH3 is 1. The van der Waals surface area contributed by atoms with Gasteiger partial charge < -0.3 is 15.4 Å². The molecule has 0 radical (unpaired) electrons. The number of ether oxygens (including phenoxy) is 1. The van der Waals surface area contributed by atoms with Crippen LogP contribution in [0.4, 0.5) is 0 Å². The van der Waals surface area contributed by atoms with Crippen LogP contribution in [-0.4, -0.2) is 53.1 Å². The summed E-state index contributed by atoms with van der Waals surface area (Å²) in [6, 6.07) is 1.87. The van der Waals surface area contributed by atoms with Gasteiger partial charge in [0.25, 0.3) is 5.91 Å². The number of rotatable bonds is 7. The molecule has 0 saturated carbocycles. The highest BCUT2D eigenvalue weighted by molar-refractivity contribution is 7.90. The molecule has 2 heterocycles. The average Bonchev–Trinajstić information content (AvgIpc) is 3.10. The van der Waals surface area contributed by atoms with Crippen LogP contribution >= 0.6 is 11.3 Å². The van der Waals surface area contributed by atoms with E-state index in [4.69, 9.17) is 4.74 Å². The number of fused-ring (bicyclic) bond motifs is 1. The summed E-state index contributed by atoms with van der Waals surface area (Å²) < 4.78 is 27.8. The van der Waals surface area contributed by atoms with Crippen molar-refractivity contribution in [1.82, 2.24) is 10.6 Å². The number of sulfone groups is 1. The van der Waals surface area contributed by atoms with Crippen LogP contribution in [0.2, 0.25) is 0 Å². The van der Waals surface area contributed by atoms with Crippen LogP contribution in [0.1, 0.15) is 15.2 Å². The first-order valence-corrected chi connectivity index (χ1v) is 11.3. The maximum atomic E-state index is 12.3. The minimum absolute atomic E-state index is 0.0929. The molecule has 0 aromatic carbocycles. The number of thiophene rings is 1. The number of nitrogens with one attached hydrogen (secondary N) is 2. The van der Waals surface area contributed by atoms with Crippen molar-refractivity contribution in [2.24, 2.45) is 0 Å². The summed E-state index contributed by atoms with van der Waals surface area (Å²) in [5.41, 5.74) is 2.23. The molecular formula is C19H24N2O4S2. The summed E-state index contributed by atoms with van der Waals surface area (Å²) >= 11 is 1.37. The Bertz CT molecular complexity index is 893. The maximum Gasteiger partial charge on any atom is 0.262 e. The smallest absolute Gasteiger partial charge is 0.262 e. The lowest BCUT2D eigenvalue weighted by atomic mass is 9.97. The van der Waals surface area contributed by atoms with Crippen molar-refractivity contribution in [2.75, 3.05) is 38.8 Å². The van der Waals surface area contributed by atoms with Crippen LogP contribution in [0.3, 0.4) is 0 Å². The summed E-state index contributed by atoms with van der Waals surface area (Å²) in [6.07, 6.45) is 8.60. The summed E-state index contributed by atoms with van der Waals surface area (Å²) in [5.74, 6) is 0.605. The van der Waals surface area contributed by atoms with E-state index in [-0.39, 0.29) is 11.7 Å². The summed E-state index contributed by atoms with van der Waals surface area (Å²) in [5, 5.41) is 7.77. The quantitative estimate of drug-likeness (QED) is 0.676. The zero-order valence-corrected chi connectivity index (χ0v) is 17.1. The van der Waals surface area contributed by atoms with Gasteiger partial charge in [-0.15, -0.1) is 11.3 Å². The minimum atomic E-state index is -2.98. The van der Waals surface area contributed by atoms with Gasteiger partial charge in [0.2, 0.25) is 0 Å². The third-order valence-corrected chi connectivity index (χ3v) is 5.71. The molecule has 2 rings (SSSR count). The second-order valence-electron chi connectivity index (χ2n) is 5.97. The highest BCUT2D eigenvalue weighted by Crippen LogP contribution is 2.31. The van der Waals surface area contributed by atoms with Gasteiger partial charge in [-0.3, -0.25) is 4.79 Å². The Labute approximate surface area is 164 Å². The van der Waals surface area contributed by atoms with E-state index in [9.17, 15) is 13.2 Å². The number of allylic oxidation sites excluding steroid dienone is 4. The molecule has 0 spiro atoms. The van der Waals surface area contributed by atoms with E-state index < -0.39 is 9.84 Å². The first-order valence-electron chi connectivity index (χ1n) is 8.38. The molecule has 1 aromatic heterocycles. The molecule has 1 aliphatic rings. The van der Waals surface area contributed by atoms with Gasteiger partial charge in [0.05, 0.1) is 17.7 Å². The maximum absolute atomic E-state index is 12.3. The van der Waals surface area contributed by atoms with Crippen molar-refractivity contribution < 1.29 is 17.9 Å². The molecule has 0 fully saturated rings. The van der Waals surface area contributed by atoms with Gasteiger partial charge >= 0.3 is 0 Å². The lowest BCUT2D eigenvalue weighted by Crippen LogP contribution is -2.23. The Morgan fingerprint density at radius 1 is 1.44 bits per heavy atom. The molecule has 0 saturated heterocycles. The monoisotopic (exact) mass is 408 g/mol. The highest BCUT2D eigenvalue weighted by atomic mass is 32.2. The molecular weight excluding hydrogens is 384 g/mol. The fourth-order valence-corrected chi connectivity index (χ4v) is 3.84. The van der Waals surface area contributed by atoms with Crippen molar-refractivity contribution in [1.29, 1.82) is 0 Å². The van der Waals surface area contributed by atoms with Crippen molar-refractivity contribution in [3.8, 4) is 0 Å². The largest absolute Gasteiger partial charge is 0.496 e. The van der Waals surface area contributed by atoms with Crippen molar-refractivity contribution in [2.45, 2.75) is 0 Å². The molecule has 0 atom stereocenters. The Kier molecular flexibility index (Phi) is 7.58. The first-order chi connectivity index (χ1) is 12.8. The van der Waals surface area contributed by atoms with E-state index in [1.165, 1.54) is 17.6 Å². The lowest BCUT2D eigenvalue weighted by molar-refractivity contribution is 0.0961. The predicted octanol–water partition coefficient (Wildman–Crippen LogP) is 2.15. The van der Waals surface area contributed by atoms with Crippen LogP contribution in [0.25, 0.3) is 5.57 Å². The minimum Gasteiger partial charge on any atom is -0.496 e. The summed E-state index contributed by atoms with van der Waals surface area (Å²) in [7, 11) is -1.39. The predicted molar refractivity (Wildman–Crippen MR) is 111 cm³/mol. The molecule has 1 aromatic rings. The van der Waals surface area contributed by atoms with E-state index in [1.807, 2.05) is 29.7 Å². The Hall–Kier alpha value is -2.16. The normalized spacial score (nSPS) is 19.6. The van der Waals surface area contributed by atoms with E-state index in [2.05, 4.69) is 17.2 Å². The molecule has 0 unspecified atom stereocenters. The van der Waals surface area contributed by atoms with Crippen LogP contribution in [-0.2, 0) is 14.6 Å². The molecule has 6 nitrogen and oxygen atoms in total. The zero-order valence-electron chi connectivity index (χ0n) is 15.4. The van der Waals surface area contributed by atoms with Crippen LogP contribution in [0, 0.1) is 0 Å². The van der Waals surface area contributed by atoms with E-state index in [1.54, 1.807) is 13.2 Å². The first kappa shape index (κ1) is 21.1. The van der Waals surface area contributed by atoms with E-state index in [0.717, 1.165) is 11.1 Å². The van der Waals surface area contributed by atoms with Crippen LogP contribution < -0.4 is 10.6 Å². The van der Waals surface area contributed by atoms with Gasteiger partial charge in [-0.2, -0.15) is 0 Å². The molecule has 8 heteroatoms. The molecule has 1 aliphatic heterocycles. The van der Waals surface area contributed by atoms with Crippen molar-refractivity contribution in [3.05, 3.63) is 64.1 Å².